The Balaban J connectivity index is 1.95. The van der Waals surface area contributed by atoms with Crippen LogP contribution < -0.4 is 10.1 Å². The fourth-order valence-electron chi connectivity index (χ4n) is 2.13. The molecule has 0 aliphatic rings. The first kappa shape index (κ1) is 17.3. The number of carbonyl (C=O) groups excluding carboxylic acids is 1. The maximum Gasteiger partial charge on any atom is 0.258 e. The Hall–Kier alpha value is -2.07. The van der Waals surface area contributed by atoms with Crippen LogP contribution in [0.5, 0.6) is 5.75 Å². The lowest BCUT2D eigenvalue weighted by Crippen LogP contribution is -2.28. The van der Waals surface area contributed by atoms with Gasteiger partial charge in [-0.2, -0.15) is 0 Å². The molecule has 0 saturated carbocycles. The fraction of sp³-hybridized carbons (Fsp3) is 0.333. The van der Waals surface area contributed by atoms with Crippen molar-refractivity contribution in [3.8, 4) is 5.75 Å². The number of ether oxygens (including phenoxy) is 1. The van der Waals surface area contributed by atoms with Crippen LogP contribution >= 0.6 is 11.6 Å². The number of hydrogen-bond acceptors (Lipinski definition) is 3. The Kier molecular flexibility index (Phi) is 5.99. The monoisotopic (exact) mass is 332 g/mol. The minimum absolute atomic E-state index is 0.0341. The topological polar surface area (TPSA) is 51.2 Å². The van der Waals surface area contributed by atoms with Crippen molar-refractivity contribution in [1.82, 2.24) is 10.3 Å². The second-order valence-electron chi connectivity index (χ2n) is 5.68. The van der Waals surface area contributed by atoms with E-state index in [1.807, 2.05) is 37.3 Å². The summed E-state index contributed by atoms with van der Waals surface area (Å²) in [6.45, 7) is 6.40. The number of aromatic nitrogens is 1. The van der Waals surface area contributed by atoms with Crippen molar-refractivity contribution in [2.45, 2.75) is 33.2 Å². The van der Waals surface area contributed by atoms with Gasteiger partial charge in [0, 0.05) is 11.2 Å². The van der Waals surface area contributed by atoms with Crippen LogP contribution in [-0.2, 0) is 11.3 Å². The van der Waals surface area contributed by atoms with Gasteiger partial charge in [-0.25, -0.2) is 0 Å². The molecule has 0 aliphatic heterocycles. The summed E-state index contributed by atoms with van der Waals surface area (Å²) < 4.78 is 5.69. The third-order valence-electron chi connectivity index (χ3n) is 3.46. The average Bonchev–Trinajstić information content (AvgIpc) is 2.54. The minimum atomic E-state index is -0.182. The zero-order valence-corrected chi connectivity index (χ0v) is 14.4. The second kappa shape index (κ2) is 7.97. The first-order valence-corrected chi connectivity index (χ1v) is 7.94. The fourth-order valence-corrected chi connectivity index (χ4v) is 2.30. The van der Waals surface area contributed by atoms with E-state index in [1.165, 1.54) is 0 Å². The lowest BCUT2D eigenvalue weighted by atomic mass is 10.0. The van der Waals surface area contributed by atoms with E-state index in [9.17, 15) is 4.79 Å². The Bertz CT molecular complexity index is 672. The first-order valence-electron chi connectivity index (χ1n) is 7.57. The molecule has 0 fully saturated rings. The molecule has 122 valence electrons. The Morgan fingerprint density at radius 1 is 1.35 bits per heavy atom. The number of nitrogens with one attached hydrogen (secondary N) is 1. The molecule has 0 atom stereocenters. The summed E-state index contributed by atoms with van der Waals surface area (Å²) >= 11 is 6.17. The molecule has 0 bridgehead atoms. The van der Waals surface area contributed by atoms with Gasteiger partial charge >= 0.3 is 0 Å². The predicted molar refractivity (Wildman–Crippen MR) is 91.9 cm³/mol. The summed E-state index contributed by atoms with van der Waals surface area (Å²) in [5.41, 5.74) is 2.74. The lowest BCUT2D eigenvalue weighted by molar-refractivity contribution is -0.123. The van der Waals surface area contributed by atoms with Gasteiger partial charge in [-0.3, -0.25) is 9.78 Å². The molecule has 1 aromatic heterocycles. The maximum atomic E-state index is 11.9. The summed E-state index contributed by atoms with van der Waals surface area (Å²) in [6.07, 6.45) is 1.70. The number of aryl methyl sites for hydroxylation is 1. The van der Waals surface area contributed by atoms with Crippen molar-refractivity contribution in [2.75, 3.05) is 6.61 Å². The van der Waals surface area contributed by atoms with Crippen LogP contribution in [0.25, 0.3) is 0 Å². The standard InChI is InChI=1S/C18H21ClN2O2/c1-12(2)15-9-16(19)13(3)8-17(15)23-11-18(22)21-10-14-6-4-5-7-20-14/h4-9,12H,10-11H2,1-3H3,(H,21,22). The van der Waals surface area contributed by atoms with Gasteiger partial charge in [-0.1, -0.05) is 31.5 Å². The number of rotatable bonds is 6. The summed E-state index contributed by atoms with van der Waals surface area (Å²) in [5, 5.41) is 3.50. The molecular weight excluding hydrogens is 312 g/mol. The van der Waals surface area contributed by atoms with Crippen molar-refractivity contribution >= 4 is 17.5 Å². The van der Waals surface area contributed by atoms with Crippen LogP contribution in [0.2, 0.25) is 5.02 Å². The number of carbonyl (C=O) groups is 1. The van der Waals surface area contributed by atoms with Crippen molar-refractivity contribution in [3.05, 3.63) is 58.4 Å². The highest BCUT2D eigenvalue weighted by Gasteiger charge is 2.12. The van der Waals surface area contributed by atoms with Gasteiger partial charge in [0.2, 0.25) is 0 Å². The van der Waals surface area contributed by atoms with Gasteiger partial charge in [0.15, 0.2) is 6.61 Å². The van der Waals surface area contributed by atoms with Crippen LogP contribution in [-0.4, -0.2) is 17.5 Å². The van der Waals surface area contributed by atoms with E-state index in [1.54, 1.807) is 6.20 Å². The normalized spacial score (nSPS) is 10.7. The third-order valence-corrected chi connectivity index (χ3v) is 3.87. The summed E-state index contributed by atoms with van der Waals surface area (Å²) in [5.74, 6) is 0.785. The molecule has 23 heavy (non-hydrogen) atoms. The van der Waals surface area contributed by atoms with E-state index in [4.69, 9.17) is 16.3 Å². The van der Waals surface area contributed by atoms with E-state index >= 15 is 0 Å². The molecule has 5 heteroatoms. The van der Waals surface area contributed by atoms with Gasteiger partial charge in [-0.15, -0.1) is 0 Å². The molecular formula is C18H21ClN2O2. The van der Waals surface area contributed by atoms with Crippen LogP contribution in [0.1, 0.15) is 36.6 Å². The number of pyridine rings is 1. The van der Waals surface area contributed by atoms with Crippen LogP contribution in [0, 0.1) is 6.92 Å². The number of nitrogens with zero attached hydrogens (tertiary/aromatic N) is 1. The molecule has 0 radical (unpaired) electrons. The number of hydrogen-bond donors (Lipinski definition) is 1. The smallest absolute Gasteiger partial charge is 0.258 e. The van der Waals surface area contributed by atoms with Gasteiger partial charge in [0.25, 0.3) is 5.91 Å². The number of halogens is 1. The van der Waals surface area contributed by atoms with Crippen LogP contribution in [0.4, 0.5) is 0 Å². The first-order chi connectivity index (χ1) is 11.0. The SMILES string of the molecule is Cc1cc(OCC(=O)NCc2ccccn2)c(C(C)C)cc1Cl. The molecule has 2 rings (SSSR count). The minimum Gasteiger partial charge on any atom is -0.483 e. The summed E-state index contributed by atoms with van der Waals surface area (Å²) in [4.78, 5) is 16.1. The van der Waals surface area contributed by atoms with Crippen molar-refractivity contribution in [3.63, 3.8) is 0 Å². The molecule has 2 aromatic rings. The number of amides is 1. The number of benzene rings is 1. The maximum absolute atomic E-state index is 11.9. The van der Waals surface area contributed by atoms with E-state index in [-0.39, 0.29) is 18.4 Å². The molecule has 4 nitrogen and oxygen atoms in total. The Morgan fingerprint density at radius 3 is 2.78 bits per heavy atom. The summed E-state index contributed by atoms with van der Waals surface area (Å²) in [6, 6.07) is 9.37. The van der Waals surface area contributed by atoms with Crippen molar-refractivity contribution < 1.29 is 9.53 Å². The molecule has 1 N–H and O–H groups in total. The predicted octanol–water partition coefficient (Wildman–Crippen LogP) is 3.86. The highest BCUT2D eigenvalue weighted by Crippen LogP contribution is 2.31. The Labute approximate surface area is 141 Å². The van der Waals surface area contributed by atoms with E-state index in [0.717, 1.165) is 16.8 Å². The molecule has 0 aliphatic carbocycles. The average molecular weight is 333 g/mol. The Morgan fingerprint density at radius 2 is 2.13 bits per heavy atom. The summed E-state index contributed by atoms with van der Waals surface area (Å²) in [7, 11) is 0. The lowest BCUT2D eigenvalue weighted by Gasteiger charge is -2.15. The zero-order chi connectivity index (χ0) is 16.8. The van der Waals surface area contributed by atoms with Crippen LogP contribution in [0.3, 0.4) is 0 Å². The van der Waals surface area contributed by atoms with Gasteiger partial charge in [0.05, 0.1) is 12.2 Å². The zero-order valence-electron chi connectivity index (χ0n) is 13.6. The molecule has 0 unspecified atom stereocenters. The second-order valence-corrected chi connectivity index (χ2v) is 6.09. The van der Waals surface area contributed by atoms with Gasteiger partial charge < -0.3 is 10.1 Å². The van der Waals surface area contributed by atoms with E-state index in [2.05, 4.69) is 24.1 Å². The van der Waals surface area contributed by atoms with E-state index < -0.39 is 0 Å². The molecule has 0 spiro atoms. The highest BCUT2D eigenvalue weighted by molar-refractivity contribution is 6.31. The van der Waals surface area contributed by atoms with Crippen LogP contribution in [0.15, 0.2) is 36.5 Å². The van der Waals surface area contributed by atoms with E-state index in [0.29, 0.717) is 17.3 Å². The van der Waals surface area contributed by atoms with Gasteiger partial charge in [-0.05, 0) is 48.2 Å². The quantitative estimate of drug-likeness (QED) is 0.873. The molecule has 0 saturated heterocycles. The molecule has 1 amide bonds. The molecule has 1 heterocycles. The van der Waals surface area contributed by atoms with Gasteiger partial charge in [0.1, 0.15) is 5.75 Å². The molecule has 1 aromatic carbocycles. The highest BCUT2D eigenvalue weighted by atomic mass is 35.5. The third kappa shape index (κ3) is 4.96. The van der Waals surface area contributed by atoms with Crippen molar-refractivity contribution in [1.29, 1.82) is 0 Å². The largest absolute Gasteiger partial charge is 0.483 e. The van der Waals surface area contributed by atoms with Crippen molar-refractivity contribution in [2.24, 2.45) is 0 Å².